The summed E-state index contributed by atoms with van der Waals surface area (Å²) in [5, 5.41) is 6.59. The van der Waals surface area contributed by atoms with Crippen LogP contribution in [0, 0.1) is 5.92 Å². The lowest BCUT2D eigenvalue weighted by molar-refractivity contribution is -0.130. The van der Waals surface area contributed by atoms with Crippen molar-refractivity contribution in [2.24, 2.45) is 11.0 Å². The zero-order valence-electron chi connectivity index (χ0n) is 13.6. The van der Waals surface area contributed by atoms with E-state index in [0.717, 1.165) is 6.21 Å². The summed E-state index contributed by atoms with van der Waals surface area (Å²) in [6, 6.07) is 11.2. The van der Waals surface area contributed by atoms with Crippen LogP contribution in [0.5, 0.6) is 0 Å². The number of carbonyl (C=O) groups excluding carboxylic acids is 3. The Morgan fingerprint density at radius 2 is 2.00 bits per heavy atom. The Labute approximate surface area is 164 Å². The molecule has 0 unspecified atom stereocenters. The molecule has 136 valence electrons. The monoisotopic (exact) mass is 401 g/mol. The van der Waals surface area contributed by atoms with Crippen LogP contribution >= 0.6 is 23.8 Å². The third-order valence-electron chi connectivity index (χ3n) is 3.57. The molecule has 0 saturated carbocycles. The predicted molar refractivity (Wildman–Crippen MR) is 103 cm³/mol. The summed E-state index contributed by atoms with van der Waals surface area (Å²) in [6.07, 6.45) is 2.50. The predicted octanol–water partition coefficient (Wildman–Crippen LogP) is 1.51. The molecule has 3 amide bonds. The highest BCUT2D eigenvalue weighted by atomic mass is 35.5. The molecule has 1 aliphatic rings. The number of rotatable bonds is 4. The molecule has 8 nitrogen and oxygen atoms in total. The molecule has 0 bridgehead atoms. The number of amides is 3. The van der Waals surface area contributed by atoms with Crippen molar-refractivity contribution < 1.29 is 14.4 Å². The van der Waals surface area contributed by atoms with E-state index in [0.29, 0.717) is 10.7 Å². The maximum atomic E-state index is 12.7. The highest BCUT2D eigenvalue weighted by molar-refractivity contribution is 7.80. The second-order valence-electron chi connectivity index (χ2n) is 5.36. The van der Waals surface area contributed by atoms with E-state index >= 15 is 0 Å². The quantitative estimate of drug-likeness (QED) is 0.350. The molecule has 0 radical (unpaired) electrons. The van der Waals surface area contributed by atoms with E-state index < -0.39 is 23.6 Å². The number of pyridine rings is 1. The van der Waals surface area contributed by atoms with Crippen LogP contribution in [0.3, 0.4) is 0 Å². The molecule has 0 aliphatic carbocycles. The van der Waals surface area contributed by atoms with Crippen molar-refractivity contribution >= 4 is 58.6 Å². The average Bonchev–Trinajstić information content (AvgIpc) is 2.66. The molecule has 2 heterocycles. The van der Waals surface area contributed by atoms with E-state index in [-0.39, 0.29) is 10.8 Å². The molecule has 1 aromatic carbocycles. The summed E-state index contributed by atoms with van der Waals surface area (Å²) < 4.78 is 0. The largest absolute Gasteiger partial charge is 0.301 e. The second-order valence-corrected chi connectivity index (χ2v) is 6.18. The van der Waals surface area contributed by atoms with Gasteiger partial charge in [0.15, 0.2) is 11.0 Å². The van der Waals surface area contributed by atoms with Crippen molar-refractivity contribution in [1.29, 1.82) is 0 Å². The van der Waals surface area contributed by atoms with Crippen molar-refractivity contribution in [3.8, 4) is 0 Å². The number of hydrogen-bond acceptors (Lipinski definition) is 6. The smallest absolute Gasteiger partial charge is 0.289 e. The molecule has 0 spiro atoms. The molecule has 2 N–H and O–H groups in total. The number of carbonyl (C=O) groups is 3. The van der Waals surface area contributed by atoms with Crippen LogP contribution in [0.1, 0.15) is 10.5 Å². The molecular formula is C17H12ClN5O3S. The minimum Gasteiger partial charge on any atom is -0.301 e. The zero-order valence-corrected chi connectivity index (χ0v) is 15.2. The van der Waals surface area contributed by atoms with Crippen molar-refractivity contribution in [2.75, 3.05) is 4.90 Å². The van der Waals surface area contributed by atoms with Crippen molar-refractivity contribution in [2.45, 2.75) is 0 Å². The van der Waals surface area contributed by atoms with Gasteiger partial charge in [0, 0.05) is 17.4 Å². The van der Waals surface area contributed by atoms with E-state index in [4.69, 9.17) is 23.8 Å². The van der Waals surface area contributed by atoms with E-state index in [2.05, 4.69) is 20.8 Å². The van der Waals surface area contributed by atoms with Gasteiger partial charge in [-0.3, -0.25) is 24.3 Å². The lowest BCUT2D eigenvalue weighted by Gasteiger charge is -2.30. The van der Waals surface area contributed by atoms with Gasteiger partial charge in [0.2, 0.25) is 5.91 Å². The number of halogens is 1. The number of nitrogens with one attached hydrogen (secondary N) is 2. The third kappa shape index (κ3) is 4.15. The molecule has 1 saturated heterocycles. The topological polar surface area (TPSA) is 104 Å². The van der Waals surface area contributed by atoms with Gasteiger partial charge in [-0.25, -0.2) is 5.43 Å². The van der Waals surface area contributed by atoms with Gasteiger partial charge in [0.25, 0.3) is 11.8 Å². The van der Waals surface area contributed by atoms with Crippen molar-refractivity contribution in [3.63, 3.8) is 0 Å². The number of benzene rings is 1. The maximum absolute atomic E-state index is 12.7. The summed E-state index contributed by atoms with van der Waals surface area (Å²) in [6.45, 7) is 0. The first-order valence-corrected chi connectivity index (χ1v) is 8.45. The van der Waals surface area contributed by atoms with Gasteiger partial charge in [0.1, 0.15) is 5.69 Å². The fourth-order valence-electron chi connectivity index (χ4n) is 2.28. The Morgan fingerprint density at radius 1 is 1.26 bits per heavy atom. The van der Waals surface area contributed by atoms with Gasteiger partial charge in [-0.05, 0) is 48.6 Å². The standard InChI is InChI=1S/C17H12ClN5O3S/c18-10-4-6-11(7-5-10)23-16(26)12(14(24)21-17(23)27)9-20-22-15(25)13-3-1-2-8-19-13/h1-9,12H,(H,22,25)(H,21,24,27)/b20-9-/t12-/m0/s1. The molecule has 1 aliphatic heterocycles. The fraction of sp³-hybridized carbons (Fsp3) is 0.0588. The summed E-state index contributed by atoms with van der Waals surface area (Å²) in [5.41, 5.74) is 2.83. The van der Waals surface area contributed by atoms with Crippen molar-refractivity contribution in [1.82, 2.24) is 15.7 Å². The zero-order chi connectivity index (χ0) is 19.4. The SMILES string of the molecule is O=C(N/N=C\[C@H]1C(=O)NC(=S)N(c2ccc(Cl)cc2)C1=O)c1ccccn1. The van der Waals surface area contributed by atoms with E-state index in [1.165, 1.54) is 17.2 Å². The molecule has 10 heteroatoms. The average molecular weight is 402 g/mol. The summed E-state index contributed by atoms with van der Waals surface area (Å²) in [5.74, 6) is -3.05. The van der Waals surface area contributed by atoms with Gasteiger partial charge in [-0.15, -0.1) is 0 Å². The van der Waals surface area contributed by atoms with Crippen LogP contribution in [0.15, 0.2) is 53.8 Å². The lowest BCUT2D eigenvalue weighted by Crippen LogP contribution is -2.58. The van der Waals surface area contributed by atoms with Crippen molar-refractivity contribution in [3.05, 3.63) is 59.4 Å². The minimum absolute atomic E-state index is 0.0468. The number of anilines is 1. The van der Waals surface area contributed by atoms with Crippen LogP contribution in [0.4, 0.5) is 5.69 Å². The first-order chi connectivity index (χ1) is 13.0. The van der Waals surface area contributed by atoms with Crippen LogP contribution in [-0.4, -0.2) is 34.0 Å². The van der Waals surface area contributed by atoms with E-state index in [1.54, 1.807) is 36.4 Å². The van der Waals surface area contributed by atoms with E-state index in [1.807, 2.05) is 0 Å². The molecule has 2 aromatic rings. The summed E-state index contributed by atoms with van der Waals surface area (Å²) in [7, 11) is 0. The molecule has 1 fully saturated rings. The fourth-order valence-corrected chi connectivity index (χ4v) is 2.70. The van der Waals surface area contributed by atoms with Gasteiger partial charge in [-0.2, -0.15) is 5.10 Å². The van der Waals surface area contributed by atoms with E-state index in [9.17, 15) is 14.4 Å². The Kier molecular flexibility index (Phi) is 5.53. The molecular weight excluding hydrogens is 390 g/mol. The van der Waals surface area contributed by atoms with Crippen LogP contribution < -0.4 is 15.6 Å². The highest BCUT2D eigenvalue weighted by Crippen LogP contribution is 2.22. The Morgan fingerprint density at radius 3 is 2.67 bits per heavy atom. The first kappa shape index (κ1) is 18.6. The molecule has 27 heavy (non-hydrogen) atoms. The minimum atomic E-state index is -1.25. The van der Waals surface area contributed by atoms with Gasteiger partial charge >= 0.3 is 0 Å². The second kappa shape index (κ2) is 8.02. The Hall–Kier alpha value is -3.17. The molecule has 3 rings (SSSR count). The molecule has 1 aromatic heterocycles. The van der Waals surface area contributed by atoms with Crippen LogP contribution in [0.25, 0.3) is 0 Å². The number of aromatic nitrogens is 1. The Bertz CT molecular complexity index is 933. The number of thiocarbonyl (C=S) groups is 1. The summed E-state index contributed by atoms with van der Waals surface area (Å²) in [4.78, 5) is 41.8. The molecule has 1 atom stereocenters. The van der Waals surface area contributed by atoms with Gasteiger partial charge < -0.3 is 5.32 Å². The Balaban J connectivity index is 1.75. The van der Waals surface area contributed by atoms with Gasteiger partial charge in [-0.1, -0.05) is 17.7 Å². The number of hydrazone groups is 1. The first-order valence-electron chi connectivity index (χ1n) is 7.66. The highest BCUT2D eigenvalue weighted by Gasteiger charge is 2.38. The number of hydrogen-bond donors (Lipinski definition) is 2. The number of nitrogens with zero attached hydrogens (tertiary/aromatic N) is 3. The van der Waals surface area contributed by atoms with Gasteiger partial charge in [0.05, 0.1) is 5.69 Å². The lowest BCUT2D eigenvalue weighted by atomic mass is 10.1. The summed E-state index contributed by atoms with van der Waals surface area (Å²) >= 11 is 10.9. The van der Waals surface area contributed by atoms with Crippen LogP contribution in [-0.2, 0) is 9.59 Å². The van der Waals surface area contributed by atoms with Crippen LogP contribution in [0.2, 0.25) is 5.02 Å². The maximum Gasteiger partial charge on any atom is 0.289 e. The normalized spacial score (nSPS) is 17.1. The third-order valence-corrected chi connectivity index (χ3v) is 4.11.